The Hall–Kier alpha value is -3.06. The van der Waals surface area contributed by atoms with Crippen LogP contribution in [0.2, 0.25) is 0 Å². The molecule has 2 aromatic carbocycles. The predicted molar refractivity (Wildman–Crippen MR) is 148 cm³/mol. The molecule has 8 nitrogen and oxygen atoms in total. The Labute approximate surface area is 217 Å². The molecule has 9 heteroatoms. The van der Waals surface area contributed by atoms with E-state index in [0.29, 0.717) is 43.1 Å². The van der Waals surface area contributed by atoms with Gasteiger partial charge in [-0.25, -0.2) is 0 Å². The van der Waals surface area contributed by atoms with Gasteiger partial charge in [0.25, 0.3) is 0 Å². The van der Waals surface area contributed by atoms with Gasteiger partial charge in [0.05, 0.1) is 12.1 Å². The van der Waals surface area contributed by atoms with Crippen molar-refractivity contribution in [1.29, 1.82) is 5.26 Å². The molecule has 4 N–H and O–H groups in total. The van der Waals surface area contributed by atoms with Gasteiger partial charge in [0.1, 0.15) is 11.0 Å². The Morgan fingerprint density at radius 3 is 2.83 bits per heavy atom. The summed E-state index contributed by atoms with van der Waals surface area (Å²) in [5.41, 5.74) is 8.94. The van der Waals surface area contributed by atoms with Crippen LogP contribution in [-0.4, -0.2) is 44.9 Å². The van der Waals surface area contributed by atoms with Gasteiger partial charge >= 0.3 is 0 Å². The molecule has 0 aromatic heterocycles. The van der Waals surface area contributed by atoms with Crippen LogP contribution in [0.4, 0.5) is 5.69 Å². The molecule has 4 rings (SSSR count). The molecule has 0 aliphatic carbocycles. The highest BCUT2D eigenvalue weighted by Gasteiger charge is 2.22. The van der Waals surface area contributed by atoms with Crippen LogP contribution in [0.25, 0.3) is 16.8 Å². The summed E-state index contributed by atoms with van der Waals surface area (Å²) in [7, 11) is 0. The molecule has 36 heavy (non-hydrogen) atoms. The average Bonchev–Trinajstić information content (AvgIpc) is 2.92. The maximum Gasteiger partial charge on any atom is 0.107 e. The average molecular weight is 507 g/mol. The lowest BCUT2D eigenvalue weighted by Gasteiger charge is -2.29. The Morgan fingerprint density at radius 1 is 1.22 bits per heavy atom. The minimum Gasteiger partial charge on any atom is -0.400 e. The smallest absolute Gasteiger partial charge is 0.107 e. The van der Waals surface area contributed by atoms with Gasteiger partial charge in [-0.05, 0) is 78.2 Å². The zero-order valence-electron chi connectivity index (χ0n) is 20.5. The van der Waals surface area contributed by atoms with Crippen LogP contribution in [-0.2, 0) is 4.74 Å². The number of nitrogens with one attached hydrogen (secondary N) is 2. The van der Waals surface area contributed by atoms with E-state index in [4.69, 9.17) is 10.5 Å². The lowest BCUT2D eigenvalue weighted by molar-refractivity contribution is 0.0108. The summed E-state index contributed by atoms with van der Waals surface area (Å²) in [5, 5.41) is 18.2. The third-order valence-electron chi connectivity index (χ3n) is 6.56. The van der Waals surface area contributed by atoms with E-state index in [1.807, 2.05) is 6.08 Å². The molecule has 2 fully saturated rings. The van der Waals surface area contributed by atoms with Gasteiger partial charge in [0.2, 0.25) is 0 Å². The standard InChI is InChI=1S/C27H34N6O2S/c28-16-27(36-31-18-23(29)17-30-19-26-15-24(32-34)8-11-35-26)13-20-4-5-22-14-25(7-6-21(22)12-20)33-9-2-1-3-10-33/h4-7,12-14,17,24,26,30-31H,1-3,8-11,15,18-19,29H2/b23-17-,27-13+. The second kappa shape index (κ2) is 13.3. The number of nitriles is 1. The predicted octanol–water partition coefficient (Wildman–Crippen LogP) is 4.64. The van der Waals surface area contributed by atoms with Gasteiger partial charge in [0.15, 0.2) is 0 Å². The molecule has 0 bridgehead atoms. The highest BCUT2D eigenvalue weighted by atomic mass is 32.2. The largest absolute Gasteiger partial charge is 0.400 e. The third-order valence-corrected chi connectivity index (χ3v) is 7.27. The Balaban J connectivity index is 1.27. The van der Waals surface area contributed by atoms with E-state index in [0.717, 1.165) is 24.0 Å². The summed E-state index contributed by atoms with van der Waals surface area (Å²) in [6.45, 7) is 3.81. The normalized spacial score (nSPS) is 21.2. The van der Waals surface area contributed by atoms with Crippen LogP contribution >= 0.6 is 11.9 Å². The fourth-order valence-electron chi connectivity index (χ4n) is 4.59. The minimum atomic E-state index is -0.166. The highest BCUT2D eigenvalue weighted by Crippen LogP contribution is 2.27. The van der Waals surface area contributed by atoms with Crippen molar-refractivity contribution < 1.29 is 4.74 Å². The van der Waals surface area contributed by atoms with Crippen LogP contribution < -0.4 is 20.7 Å². The number of piperidine rings is 1. The number of hydrogen-bond donors (Lipinski definition) is 3. The fraction of sp³-hybridized carbons (Fsp3) is 0.444. The summed E-state index contributed by atoms with van der Waals surface area (Å²) < 4.78 is 8.78. The number of allylic oxidation sites excluding steroid dienone is 1. The molecule has 2 heterocycles. The molecular formula is C27H34N6O2S. The molecule has 0 saturated carbocycles. The van der Waals surface area contributed by atoms with E-state index in [9.17, 15) is 10.2 Å². The van der Waals surface area contributed by atoms with E-state index in [2.05, 4.69) is 62.6 Å². The molecular weight excluding hydrogens is 472 g/mol. The molecule has 0 radical (unpaired) electrons. The first-order chi connectivity index (χ1) is 17.6. The van der Waals surface area contributed by atoms with Crippen LogP contribution in [0.1, 0.15) is 37.7 Å². The second-order valence-corrected chi connectivity index (χ2v) is 10.2. The van der Waals surface area contributed by atoms with Gasteiger partial charge < -0.3 is 20.7 Å². The monoisotopic (exact) mass is 506 g/mol. The number of fused-ring (bicyclic) bond motifs is 1. The zero-order valence-corrected chi connectivity index (χ0v) is 21.3. The molecule has 2 aliphatic heterocycles. The van der Waals surface area contributed by atoms with Crippen LogP contribution in [0.15, 0.2) is 58.4 Å². The number of anilines is 1. The number of nitroso groups, excluding NO2 is 1. The summed E-state index contributed by atoms with van der Waals surface area (Å²) in [6, 6.07) is 15.0. The van der Waals surface area contributed by atoms with Gasteiger partial charge in [-0.2, -0.15) is 10.2 Å². The SMILES string of the molecule is N#C/C(=C\c1ccc2cc(N3CCCCC3)ccc2c1)SNC/C(N)=C/NCC1CC(N=O)CCO1. The first-order valence-electron chi connectivity index (χ1n) is 12.6. The lowest BCUT2D eigenvalue weighted by atomic mass is 10.0. The molecule has 190 valence electrons. The molecule has 0 amide bonds. The number of ether oxygens (including phenoxy) is 1. The Bertz CT molecular complexity index is 1140. The first kappa shape index (κ1) is 26.0. The Kier molecular flexibility index (Phi) is 9.61. The van der Waals surface area contributed by atoms with Crippen LogP contribution in [0.5, 0.6) is 0 Å². The molecule has 2 aromatic rings. The van der Waals surface area contributed by atoms with E-state index in [1.165, 1.54) is 42.3 Å². The fourth-order valence-corrected chi connectivity index (χ4v) is 5.23. The number of nitrogens with zero attached hydrogens (tertiary/aromatic N) is 3. The summed E-state index contributed by atoms with van der Waals surface area (Å²) in [6.07, 6.45) is 8.73. The molecule has 2 aliphatic rings. The van der Waals surface area contributed by atoms with Crippen molar-refractivity contribution >= 4 is 34.5 Å². The maximum atomic E-state index is 10.7. The van der Waals surface area contributed by atoms with Crippen molar-refractivity contribution in [1.82, 2.24) is 10.0 Å². The molecule has 2 unspecified atom stereocenters. The minimum absolute atomic E-state index is 0.0423. The van der Waals surface area contributed by atoms with Crippen molar-refractivity contribution in [2.75, 3.05) is 37.7 Å². The summed E-state index contributed by atoms with van der Waals surface area (Å²) in [4.78, 5) is 13.8. The molecule has 2 atom stereocenters. The summed E-state index contributed by atoms with van der Waals surface area (Å²) in [5.74, 6) is 0. The number of benzene rings is 2. The van der Waals surface area contributed by atoms with Gasteiger partial charge in [-0.3, -0.25) is 4.72 Å². The van der Waals surface area contributed by atoms with E-state index in [-0.39, 0.29) is 12.1 Å². The number of nitrogens with two attached hydrogens (primary N) is 1. The topological polar surface area (TPSA) is 116 Å². The van der Waals surface area contributed by atoms with E-state index < -0.39 is 0 Å². The first-order valence-corrected chi connectivity index (χ1v) is 13.4. The van der Waals surface area contributed by atoms with Crippen molar-refractivity contribution in [3.8, 4) is 6.07 Å². The Morgan fingerprint density at radius 2 is 2.03 bits per heavy atom. The van der Waals surface area contributed by atoms with E-state index in [1.54, 1.807) is 6.20 Å². The van der Waals surface area contributed by atoms with Gasteiger partial charge in [-0.1, -0.05) is 23.4 Å². The van der Waals surface area contributed by atoms with Gasteiger partial charge in [-0.15, -0.1) is 0 Å². The zero-order chi connectivity index (χ0) is 25.2. The molecule has 2 saturated heterocycles. The van der Waals surface area contributed by atoms with Crippen molar-refractivity contribution in [2.24, 2.45) is 10.9 Å². The number of hydrogen-bond acceptors (Lipinski definition) is 9. The van der Waals surface area contributed by atoms with Crippen molar-refractivity contribution in [3.63, 3.8) is 0 Å². The van der Waals surface area contributed by atoms with Gasteiger partial charge in [0, 0.05) is 56.8 Å². The summed E-state index contributed by atoms with van der Waals surface area (Å²) >= 11 is 1.26. The quantitative estimate of drug-likeness (QED) is 0.243. The van der Waals surface area contributed by atoms with Crippen LogP contribution in [0, 0.1) is 16.2 Å². The molecule has 0 spiro atoms. The van der Waals surface area contributed by atoms with Crippen LogP contribution in [0.3, 0.4) is 0 Å². The third kappa shape index (κ3) is 7.47. The maximum absolute atomic E-state index is 10.7. The highest BCUT2D eigenvalue weighted by molar-refractivity contribution is 8.01. The van der Waals surface area contributed by atoms with E-state index >= 15 is 0 Å². The number of rotatable bonds is 10. The lowest BCUT2D eigenvalue weighted by Crippen LogP contribution is -2.35. The van der Waals surface area contributed by atoms with Crippen molar-refractivity contribution in [3.05, 3.63) is 63.7 Å². The second-order valence-electron chi connectivity index (χ2n) is 9.29. The van der Waals surface area contributed by atoms with Crippen molar-refractivity contribution in [2.45, 2.75) is 44.2 Å².